The molecule has 1 unspecified atom stereocenters. The molecule has 114 valence electrons. The molecule has 0 aromatic heterocycles. The minimum atomic E-state index is 0.167. The lowest BCUT2D eigenvalue weighted by atomic mass is 9.94. The van der Waals surface area contributed by atoms with Gasteiger partial charge in [0, 0.05) is 19.6 Å². The highest BCUT2D eigenvalue weighted by Gasteiger charge is 2.09. The van der Waals surface area contributed by atoms with Gasteiger partial charge in [-0.1, -0.05) is 32.6 Å². The van der Waals surface area contributed by atoms with E-state index in [2.05, 4.69) is 12.2 Å². The SMILES string of the molecule is CCCC(CCN)CCC(=O)NCCCCCCO. The number of carbonyl (C=O) groups excluding carboxylic acids is 1. The maximum Gasteiger partial charge on any atom is 0.220 e. The van der Waals surface area contributed by atoms with E-state index >= 15 is 0 Å². The molecular weight excluding hydrogens is 240 g/mol. The fraction of sp³-hybridized carbons (Fsp3) is 0.933. The monoisotopic (exact) mass is 272 g/mol. The number of hydrogen-bond donors (Lipinski definition) is 3. The van der Waals surface area contributed by atoms with Gasteiger partial charge in [0.05, 0.1) is 0 Å². The number of nitrogens with two attached hydrogens (primary N) is 1. The highest BCUT2D eigenvalue weighted by Crippen LogP contribution is 2.16. The second-order valence-electron chi connectivity index (χ2n) is 5.26. The minimum absolute atomic E-state index is 0.167. The lowest BCUT2D eigenvalue weighted by Crippen LogP contribution is -2.25. The maximum atomic E-state index is 11.7. The molecule has 0 fully saturated rings. The summed E-state index contributed by atoms with van der Waals surface area (Å²) in [6.07, 6.45) is 8.94. The molecule has 19 heavy (non-hydrogen) atoms. The zero-order valence-electron chi connectivity index (χ0n) is 12.5. The van der Waals surface area contributed by atoms with Crippen LogP contribution in [0.4, 0.5) is 0 Å². The maximum absolute atomic E-state index is 11.7. The van der Waals surface area contributed by atoms with E-state index in [0.29, 0.717) is 12.3 Å². The quantitative estimate of drug-likeness (QED) is 0.450. The first-order chi connectivity index (χ1) is 9.24. The fourth-order valence-electron chi connectivity index (χ4n) is 2.32. The lowest BCUT2D eigenvalue weighted by molar-refractivity contribution is -0.121. The summed E-state index contributed by atoms with van der Waals surface area (Å²) in [6.45, 7) is 3.93. The number of unbranched alkanes of at least 4 members (excludes halogenated alkanes) is 3. The van der Waals surface area contributed by atoms with Crippen LogP contribution < -0.4 is 11.1 Å². The molecule has 0 spiro atoms. The van der Waals surface area contributed by atoms with Gasteiger partial charge in [-0.3, -0.25) is 4.79 Å². The van der Waals surface area contributed by atoms with Crippen molar-refractivity contribution in [3.8, 4) is 0 Å². The third-order valence-corrected chi connectivity index (χ3v) is 3.46. The van der Waals surface area contributed by atoms with Crippen LogP contribution in [0.15, 0.2) is 0 Å². The van der Waals surface area contributed by atoms with Gasteiger partial charge in [0.25, 0.3) is 0 Å². The average molecular weight is 272 g/mol. The van der Waals surface area contributed by atoms with E-state index in [4.69, 9.17) is 10.8 Å². The van der Waals surface area contributed by atoms with Crippen LogP contribution in [0, 0.1) is 5.92 Å². The van der Waals surface area contributed by atoms with Crippen molar-refractivity contribution in [3.63, 3.8) is 0 Å². The summed E-state index contributed by atoms with van der Waals surface area (Å²) < 4.78 is 0. The molecule has 0 aromatic rings. The molecule has 1 atom stereocenters. The standard InChI is InChI=1S/C15H32N2O2/c1-2-7-14(10-11-16)8-9-15(19)17-12-5-3-4-6-13-18/h14,18H,2-13,16H2,1H3,(H,17,19). The first-order valence-corrected chi connectivity index (χ1v) is 7.82. The number of amides is 1. The zero-order chi connectivity index (χ0) is 14.3. The van der Waals surface area contributed by atoms with E-state index < -0.39 is 0 Å². The van der Waals surface area contributed by atoms with Crippen molar-refractivity contribution in [2.75, 3.05) is 19.7 Å². The number of hydrogen-bond acceptors (Lipinski definition) is 3. The minimum Gasteiger partial charge on any atom is -0.396 e. The van der Waals surface area contributed by atoms with Gasteiger partial charge in [0.2, 0.25) is 5.91 Å². The molecule has 0 aromatic carbocycles. The van der Waals surface area contributed by atoms with Gasteiger partial charge in [-0.2, -0.15) is 0 Å². The summed E-state index contributed by atoms with van der Waals surface area (Å²) in [5.74, 6) is 0.769. The molecule has 0 aliphatic carbocycles. The predicted molar refractivity (Wildman–Crippen MR) is 79.9 cm³/mol. The summed E-state index contributed by atoms with van der Waals surface area (Å²) in [7, 11) is 0. The zero-order valence-corrected chi connectivity index (χ0v) is 12.5. The average Bonchev–Trinajstić information content (AvgIpc) is 2.40. The molecule has 0 radical (unpaired) electrons. The second-order valence-corrected chi connectivity index (χ2v) is 5.26. The Morgan fingerprint density at radius 2 is 1.89 bits per heavy atom. The molecule has 0 saturated heterocycles. The van der Waals surface area contributed by atoms with Gasteiger partial charge in [-0.25, -0.2) is 0 Å². The molecule has 1 amide bonds. The van der Waals surface area contributed by atoms with Crippen molar-refractivity contribution in [3.05, 3.63) is 0 Å². The summed E-state index contributed by atoms with van der Waals surface area (Å²) in [5.41, 5.74) is 5.59. The van der Waals surface area contributed by atoms with Crippen molar-refractivity contribution in [1.29, 1.82) is 0 Å². The Bertz CT molecular complexity index is 204. The first-order valence-electron chi connectivity index (χ1n) is 7.82. The van der Waals surface area contributed by atoms with Crippen LogP contribution in [-0.4, -0.2) is 30.7 Å². The summed E-state index contributed by atoms with van der Waals surface area (Å²) >= 11 is 0. The van der Waals surface area contributed by atoms with Crippen LogP contribution in [0.2, 0.25) is 0 Å². The van der Waals surface area contributed by atoms with Crippen molar-refractivity contribution in [2.24, 2.45) is 11.7 Å². The van der Waals surface area contributed by atoms with Crippen LogP contribution in [0.3, 0.4) is 0 Å². The molecule has 0 rings (SSSR count). The Morgan fingerprint density at radius 1 is 1.16 bits per heavy atom. The largest absolute Gasteiger partial charge is 0.396 e. The Morgan fingerprint density at radius 3 is 2.53 bits per heavy atom. The van der Waals surface area contributed by atoms with Crippen LogP contribution in [-0.2, 0) is 4.79 Å². The number of aliphatic hydroxyl groups is 1. The molecular formula is C15H32N2O2. The lowest BCUT2D eigenvalue weighted by Gasteiger charge is -2.14. The highest BCUT2D eigenvalue weighted by molar-refractivity contribution is 5.75. The molecule has 0 aliphatic heterocycles. The van der Waals surface area contributed by atoms with Gasteiger partial charge >= 0.3 is 0 Å². The molecule has 0 bridgehead atoms. The van der Waals surface area contributed by atoms with Crippen molar-refractivity contribution >= 4 is 5.91 Å². The molecule has 4 N–H and O–H groups in total. The van der Waals surface area contributed by atoms with E-state index in [1.165, 1.54) is 6.42 Å². The van der Waals surface area contributed by atoms with Gasteiger partial charge in [0.1, 0.15) is 0 Å². The fourth-order valence-corrected chi connectivity index (χ4v) is 2.32. The number of aliphatic hydroxyl groups excluding tert-OH is 1. The second kappa shape index (κ2) is 13.8. The summed E-state index contributed by atoms with van der Waals surface area (Å²) in [4.78, 5) is 11.7. The number of nitrogens with one attached hydrogen (secondary N) is 1. The topological polar surface area (TPSA) is 75.4 Å². The van der Waals surface area contributed by atoms with Gasteiger partial charge in [-0.05, 0) is 38.1 Å². The molecule has 0 heterocycles. The predicted octanol–water partition coefficient (Wildman–Crippen LogP) is 2.20. The highest BCUT2D eigenvalue weighted by atomic mass is 16.2. The first kappa shape index (κ1) is 18.4. The van der Waals surface area contributed by atoms with E-state index in [-0.39, 0.29) is 12.5 Å². The Balaban J connectivity index is 3.50. The van der Waals surface area contributed by atoms with Gasteiger partial charge in [-0.15, -0.1) is 0 Å². The van der Waals surface area contributed by atoms with Crippen LogP contribution in [0.25, 0.3) is 0 Å². The van der Waals surface area contributed by atoms with Crippen molar-refractivity contribution in [1.82, 2.24) is 5.32 Å². The summed E-state index contributed by atoms with van der Waals surface area (Å²) in [5, 5.41) is 11.6. The summed E-state index contributed by atoms with van der Waals surface area (Å²) in [6, 6.07) is 0. The Hall–Kier alpha value is -0.610. The Kier molecular flexibility index (Phi) is 13.4. The molecule has 0 aliphatic rings. The molecule has 4 nitrogen and oxygen atoms in total. The van der Waals surface area contributed by atoms with Crippen molar-refractivity contribution in [2.45, 2.75) is 64.7 Å². The van der Waals surface area contributed by atoms with E-state index in [0.717, 1.165) is 58.0 Å². The van der Waals surface area contributed by atoms with Gasteiger partial charge in [0.15, 0.2) is 0 Å². The molecule has 4 heteroatoms. The Labute approximate surface area is 118 Å². The number of carbonyl (C=O) groups is 1. The molecule has 0 saturated carbocycles. The third kappa shape index (κ3) is 12.2. The van der Waals surface area contributed by atoms with E-state index in [1.807, 2.05) is 0 Å². The van der Waals surface area contributed by atoms with Crippen LogP contribution in [0.1, 0.15) is 64.7 Å². The third-order valence-electron chi connectivity index (χ3n) is 3.46. The van der Waals surface area contributed by atoms with E-state index in [1.54, 1.807) is 0 Å². The number of rotatable bonds is 13. The van der Waals surface area contributed by atoms with Gasteiger partial charge < -0.3 is 16.2 Å². The van der Waals surface area contributed by atoms with E-state index in [9.17, 15) is 4.79 Å². The van der Waals surface area contributed by atoms with Crippen LogP contribution in [0.5, 0.6) is 0 Å². The normalized spacial score (nSPS) is 12.4. The smallest absolute Gasteiger partial charge is 0.220 e. The van der Waals surface area contributed by atoms with Crippen LogP contribution >= 0.6 is 0 Å². The van der Waals surface area contributed by atoms with Crippen molar-refractivity contribution < 1.29 is 9.90 Å².